The van der Waals surface area contributed by atoms with Gasteiger partial charge in [-0.05, 0) is 43.6 Å². The molecule has 0 saturated heterocycles. The number of amides is 4. The van der Waals surface area contributed by atoms with Crippen LogP contribution in [0.2, 0.25) is 0 Å². The van der Waals surface area contributed by atoms with Crippen LogP contribution in [0.1, 0.15) is 51.5 Å². The fourth-order valence-corrected chi connectivity index (χ4v) is 4.52. The number of likely N-dealkylation sites (N-methyl/N-ethyl adjacent to an activating group) is 1. The molecule has 0 aliphatic carbocycles. The van der Waals surface area contributed by atoms with Gasteiger partial charge < -0.3 is 20.3 Å². The summed E-state index contributed by atoms with van der Waals surface area (Å²) < 4.78 is 5.79. The predicted octanol–water partition coefficient (Wildman–Crippen LogP) is 3.08. The van der Waals surface area contributed by atoms with E-state index in [-0.39, 0.29) is 18.2 Å². The highest BCUT2D eigenvalue weighted by molar-refractivity contribution is 5.91. The number of hydroxylamine groups is 2. The van der Waals surface area contributed by atoms with Crippen molar-refractivity contribution in [3.05, 3.63) is 48.0 Å². The smallest absolute Gasteiger partial charge is 0.408 e. The van der Waals surface area contributed by atoms with Crippen LogP contribution in [0.5, 0.6) is 0 Å². The Morgan fingerprint density at radius 3 is 2.36 bits per heavy atom. The third-order valence-corrected chi connectivity index (χ3v) is 6.65. The fraction of sp³-hybridized carbons (Fsp3) is 0.586. The maximum absolute atomic E-state index is 13.4. The number of nitrogens with one attached hydrogen (secondary N) is 2. The average molecular weight is 545 g/mol. The van der Waals surface area contributed by atoms with Gasteiger partial charge in [0.05, 0.1) is 7.11 Å². The number of allylic oxidation sites excluding steroid dienone is 2. The Morgan fingerprint density at radius 2 is 1.74 bits per heavy atom. The van der Waals surface area contributed by atoms with Crippen molar-refractivity contribution in [3.63, 3.8) is 0 Å². The maximum Gasteiger partial charge on any atom is 0.408 e. The largest absolute Gasteiger partial charge is 0.446 e. The first kappa shape index (κ1) is 31.8. The Bertz CT molecular complexity index is 981. The normalized spacial score (nSPS) is 23.9. The van der Waals surface area contributed by atoms with Gasteiger partial charge in [0.25, 0.3) is 5.91 Å². The quantitative estimate of drug-likeness (QED) is 0.403. The number of alkyl carbamates (subject to hydrolysis) is 1. The highest BCUT2D eigenvalue weighted by atomic mass is 16.7. The summed E-state index contributed by atoms with van der Waals surface area (Å²) in [4.78, 5) is 59.2. The van der Waals surface area contributed by atoms with Crippen molar-refractivity contribution in [2.75, 3.05) is 28.3 Å². The minimum absolute atomic E-state index is 0.0753. The number of cyclic esters (lactones) is 1. The first-order valence-corrected chi connectivity index (χ1v) is 13.5. The molecule has 0 bridgehead atoms. The van der Waals surface area contributed by atoms with Gasteiger partial charge in [0.1, 0.15) is 18.2 Å². The number of benzene rings is 1. The predicted molar refractivity (Wildman–Crippen MR) is 148 cm³/mol. The van der Waals surface area contributed by atoms with E-state index >= 15 is 0 Å². The lowest BCUT2D eigenvalue weighted by Crippen LogP contribution is -2.55. The molecule has 0 fully saturated rings. The van der Waals surface area contributed by atoms with Crippen LogP contribution in [-0.4, -0.2) is 80.2 Å². The Hall–Kier alpha value is -3.40. The van der Waals surface area contributed by atoms with Gasteiger partial charge in [-0.1, -0.05) is 56.3 Å². The van der Waals surface area contributed by atoms with Gasteiger partial charge in [-0.2, -0.15) is 0 Å². The van der Waals surface area contributed by atoms with E-state index < -0.39 is 42.0 Å². The zero-order valence-electron chi connectivity index (χ0n) is 24.0. The highest BCUT2D eigenvalue weighted by Crippen LogP contribution is 2.19. The van der Waals surface area contributed by atoms with Crippen molar-refractivity contribution in [1.82, 2.24) is 20.6 Å². The molecule has 2 N–H and O–H groups in total. The van der Waals surface area contributed by atoms with Gasteiger partial charge in [0.2, 0.25) is 11.8 Å². The number of rotatable bonds is 7. The second-order valence-corrected chi connectivity index (χ2v) is 10.6. The standard InChI is InChI=1S/C29H44N4O6/c1-20(2)17-24-26(34)30-25(28(36)33(5)38-6)19-22(27(35)32(3)4)15-11-8-12-16-23(39-29(37)31-24)18-21-13-9-7-10-14-21/h7-11,13-14,20,22-25H,12,15-19H2,1-6H3,(H,30,34)(H,31,37)/b11-8+/t22?,23?,24-,25-/m0/s1. The lowest BCUT2D eigenvalue weighted by Gasteiger charge is -2.29. The van der Waals surface area contributed by atoms with Crippen LogP contribution in [-0.2, 0) is 30.4 Å². The van der Waals surface area contributed by atoms with E-state index in [1.54, 1.807) is 14.1 Å². The van der Waals surface area contributed by atoms with E-state index in [2.05, 4.69) is 10.6 Å². The molecule has 1 aliphatic rings. The van der Waals surface area contributed by atoms with Crippen LogP contribution < -0.4 is 10.6 Å². The van der Waals surface area contributed by atoms with Gasteiger partial charge in [0, 0.05) is 33.5 Å². The molecule has 10 heteroatoms. The zero-order valence-corrected chi connectivity index (χ0v) is 24.0. The summed E-state index contributed by atoms with van der Waals surface area (Å²) in [6.07, 6.45) is 5.34. The van der Waals surface area contributed by atoms with Crippen molar-refractivity contribution in [3.8, 4) is 0 Å². The summed E-state index contributed by atoms with van der Waals surface area (Å²) >= 11 is 0. The van der Waals surface area contributed by atoms with Crippen LogP contribution in [0.3, 0.4) is 0 Å². The first-order valence-electron chi connectivity index (χ1n) is 13.5. The third kappa shape index (κ3) is 10.7. The molecule has 0 radical (unpaired) electrons. The van der Waals surface area contributed by atoms with E-state index in [0.717, 1.165) is 10.6 Å². The Labute approximate surface area is 232 Å². The van der Waals surface area contributed by atoms with E-state index in [1.807, 2.05) is 56.3 Å². The summed E-state index contributed by atoms with van der Waals surface area (Å²) in [6.45, 7) is 3.87. The molecular weight excluding hydrogens is 500 g/mol. The molecule has 2 unspecified atom stereocenters. The Kier molecular flexibility index (Phi) is 13.0. The van der Waals surface area contributed by atoms with Crippen molar-refractivity contribution in [1.29, 1.82) is 0 Å². The second kappa shape index (κ2) is 15.9. The number of carbonyl (C=O) groups is 4. The summed E-state index contributed by atoms with van der Waals surface area (Å²) in [5.41, 5.74) is 1.04. The van der Waals surface area contributed by atoms with Crippen molar-refractivity contribution < 1.29 is 28.8 Å². The van der Waals surface area contributed by atoms with Crippen LogP contribution in [0.15, 0.2) is 42.5 Å². The van der Waals surface area contributed by atoms with Gasteiger partial charge in [-0.25, -0.2) is 9.86 Å². The molecule has 0 aromatic heterocycles. The van der Waals surface area contributed by atoms with Crippen LogP contribution in [0.25, 0.3) is 0 Å². The summed E-state index contributed by atoms with van der Waals surface area (Å²) in [7, 11) is 6.12. The van der Waals surface area contributed by atoms with E-state index in [1.165, 1.54) is 19.1 Å². The zero-order chi connectivity index (χ0) is 28.9. The molecular formula is C29H44N4O6. The minimum atomic E-state index is -1.03. The monoisotopic (exact) mass is 544 g/mol. The molecule has 216 valence electrons. The molecule has 1 aliphatic heterocycles. The van der Waals surface area contributed by atoms with E-state index in [0.29, 0.717) is 32.1 Å². The molecule has 4 amide bonds. The maximum atomic E-state index is 13.4. The van der Waals surface area contributed by atoms with Gasteiger partial charge in [-0.3, -0.25) is 19.2 Å². The molecule has 1 heterocycles. The Morgan fingerprint density at radius 1 is 1.05 bits per heavy atom. The van der Waals surface area contributed by atoms with Crippen molar-refractivity contribution in [2.45, 2.75) is 70.6 Å². The Balaban J connectivity index is 2.40. The SMILES string of the molecule is CON(C)C(=O)[C@@H]1CC(C(=O)N(C)C)C/C=C/CCC(Cc2ccccc2)OC(=O)N[C@@H](CC(C)C)C(=O)N1. The van der Waals surface area contributed by atoms with Crippen molar-refractivity contribution >= 4 is 23.8 Å². The lowest BCUT2D eigenvalue weighted by molar-refractivity contribution is -0.172. The topological polar surface area (TPSA) is 117 Å². The fourth-order valence-electron chi connectivity index (χ4n) is 4.52. The number of ether oxygens (including phenoxy) is 1. The number of hydrogen-bond acceptors (Lipinski definition) is 6. The highest BCUT2D eigenvalue weighted by Gasteiger charge is 2.34. The number of hydrogen-bond donors (Lipinski definition) is 2. The van der Waals surface area contributed by atoms with Gasteiger partial charge >= 0.3 is 6.09 Å². The number of nitrogens with zero attached hydrogens (tertiary/aromatic N) is 2. The molecule has 39 heavy (non-hydrogen) atoms. The summed E-state index contributed by atoms with van der Waals surface area (Å²) in [6, 6.07) is 7.80. The van der Waals surface area contributed by atoms with Crippen LogP contribution in [0, 0.1) is 11.8 Å². The molecule has 4 atom stereocenters. The van der Waals surface area contributed by atoms with E-state index in [4.69, 9.17) is 9.57 Å². The molecule has 1 aromatic rings. The first-order chi connectivity index (χ1) is 18.5. The van der Waals surface area contributed by atoms with Gasteiger partial charge in [-0.15, -0.1) is 0 Å². The molecule has 0 saturated carbocycles. The molecule has 2 rings (SSSR count). The number of carbonyl (C=O) groups excluding carboxylic acids is 4. The average Bonchev–Trinajstić information content (AvgIpc) is 2.89. The van der Waals surface area contributed by atoms with Gasteiger partial charge in [0.15, 0.2) is 0 Å². The summed E-state index contributed by atoms with van der Waals surface area (Å²) in [5.74, 6) is -1.64. The van der Waals surface area contributed by atoms with E-state index in [9.17, 15) is 19.2 Å². The lowest BCUT2D eigenvalue weighted by atomic mass is 9.93. The summed E-state index contributed by atoms with van der Waals surface area (Å²) in [5, 5.41) is 6.52. The minimum Gasteiger partial charge on any atom is -0.446 e. The molecule has 1 aromatic carbocycles. The van der Waals surface area contributed by atoms with Crippen LogP contribution >= 0.6 is 0 Å². The molecule has 0 spiro atoms. The third-order valence-electron chi connectivity index (χ3n) is 6.65. The second-order valence-electron chi connectivity index (χ2n) is 10.6. The van der Waals surface area contributed by atoms with Crippen molar-refractivity contribution in [2.24, 2.45) is 11.8 Å². The van der Waals surface area contributed by atoms with Crippen LogP contribution in [0.4, 0.5) is 4.79 Å². The molecule has 10 nitrogen and oxygen atoms in total.